The summed E-state index contributed by atoms with van der Waals surface area (Å²) in [6, 6.07) is 9.58. The molecule has 2 N–H and O–H groups in total. The second-order valence-electron chi connectivity index (χ2n) is 7.05. The van der Waals surface area contributed by atoms with E-state index in [9.17, 15) is 8.78 Å². The van der Waals surface area contributed by atoms with Gasteiger partial charge >= 0.3 is 0 Å². The van der Waals surface area contributed by atoms with E-state index in [1.54, 1.807) is 7.05 Å². The van der Waals surface area contributed by atoms with E-state index in [1.807, 2.05) is 25.1 Å². The number of benzene rings is 2. The maximum Gasteiger partial charge on any atom is 0.191 e. The van der Waals surface area contributed by atoms with E-state index in [1.165, 1.54) is 6.07 Å². The molecule has 1 saturated heterocycles. The van der Waals surface area contributed by atoms with E-state index in [4.69, 9.17) is 9.47 Å². The summed E-state index contributed by atoms with van der Waals surface area (Å²) in [7, 11) is 1.67. The highest BCUT2D eigenvalue weighted by molar-refractivity contribution is 5.79. The fourth-order valence-corrected chi connectivity index (χ4v) is 3.15. The van der Waals surface area contributed by atoms with Crippen molar-refractivity contribution < 1.29 is 18.3 Å². The third kappa shape index (κ3) is 6.15. The first-order valence-corrected chi connectivity index (χ1v) is 9.77. The van der Waals surface area contributed by atoms with Gasteiger partial charge < -0.3 is 20.1 Å². The summed E-state index contributed by atoms with van der Waals surface area (Å²) >= 11 is 0. The average molecular weight is 403 g/mol. The molecule has 2 aromatic carbocycles. The van der Waals surface area contributed by atoms with Gasteiger partial charge in [-0.25, -0.2) is 8.78 Å². The van der Waals surface area contributed by atoms with Gasteiger partial charge in [0.05, 0.1) is 13.2 Å². The van der Waals surface area contributed by atoms with Gasteiger partial charge in [0, 0.05) is 32.1 Å². The summed E-state index contributed by atoms with van der Waals surface area (Å²) < 4.78 is 38.5. The normalized spacial score (nSPS) is 16.7. The Bertz CT molecular complexity index is 852. The smallest absolute Gasteiger partial charge is 0.191 e. The number of aliphatic imine (C=N–C) groups is 1. The molecule has 1 fully saturated rings. The lowest BCUT2D eigenvalue weighted by Crippen LogP contribution is -2.38. The van der Waals surface area contributed by atoms with Crippen LogP contribution < -0.4 is 15.4 Å². The Kier molecular flexibility index (Phi) is 7.41. The van der Waals surface area contributed by atoms with Crippen molar-refractivity contribution in [3.63, 3.8) is 0 Å². The molecule has 0 saturated carbocycles. The molecule has 0 radical (unpaired) electrons. The highest BCUT2D eigenvalue weighted by Crippen LogP contribution is 2.23. The first kappa shape index (κ1) is 21.0. The van der Waals surface area contributed by atoms with Crippen LogP contribution in [0.3, 0.4) is 0 Å². The van der Waals surface area contributed by atoms with Gasteiger partial charge in [-0.05, 0) is 48.7 Å². The quantitative estimate of drug-likeness (QED) is 0.550. The van der Waals surface area contributed by atoms with Gasteiger partial charge in [0.25, 0.3) is 0 Å². The van der Waals surface area contributed by atoms with Crippen LogP contribution in [0.15, 0.2) is 41.4 Å². The molecule has 156 valence electrons. The molecule has 0 bridgehead atoms. The summed E-state index contributed by atoms with van der Waals surface area (Å²) in [4.78, 5) is 4.19. The monoisotopic (exact) mass is 403 g/mol. The van der Waals surface area contributed by atoms with Gasteiger partial charge in [0.2, 0.25) is 0 Å². The number of nitrogens with zero attached hydrogens (tertiary/aromatic N) is 1. The van der Waals surface area contributed by atoms with Gasteiger partial charge in [-0.2, -0.15) is 0 Å². The summed E-state index contributed by atoms with van der Waals surface area (Å²) in [5, 5.41) is 6.37. The van der Waals surface area contributed by atoms with E-state index in [0.717, 1.165) is 42.0 Å². The molecular weight excluding hydrogens is 376 g/mol. The van der Waals surface area contributed by atoms with Crippen LogP contribution in [0.2, 0.25) is 0 Å². The van der Waals surface area contributed by atoms with Crippen LogP contribution in [0.25, 0.3) is 0 Å². The van der Waals surface area contributed by atoms with Gasteiger partial charge in [-0.1, -0.05) is 12.1 Å². The van der Waals surface area contributed by atoms with Crippen molar-refractivity contribution in [1.29, 1.82) is 0 Å². The molecule has 1 unspecified atom stereocenters. The van der Waals surface area contributed by atoms with Crippen molar-refractivity contribution in [3.05, 3.63) is 64.7 Å². The van der Waals surface area contributed by atoms with E-state index in [-0.39, 0.29) is 6.10 Å². The van der Waals surface area contributed by atoms with Crippen LogP contribution in [0.1, 0.15) is 23.1 Å². The first-order valence-electron chi connectivity index (χ1n) is 9.77. The molecule has 0 aromatic heterocycles. The largest absolute Gasteiger partial charge is 0.488 e. The number of ether oxygens (including phenoxy) is 2. The van der Waals surface area contributed by atoms with Gasteiger partial charge in [-0.15, -0.1) is 0 Å². The van der Waals surface area contributed by atoms with Crippen molar-refractivity contribution in [2.45, 2.75) is 32.4 Å². The van der Waals surface area contributed by atoms with Gasteiger partial charge in [0.15, 0.2) is 5.96 Å². The number of halogens is 2. The molecule has 5 nitrogen and oxygen atoms in total. The third-order valence-electron chi connectivity index (χ3n) is 4.77. The molecule has 7 heteroatoms. The van der Waals surface area contributed by atoms with Crippen molar-refractivity contribution in [2.75, 3.05) is 26.8 Å². The molecule has 29 heavy (non-hydrogen) atoms. The molecule has 3 rings (SSSR count). The Morgan fingerprint density at radius 1 is 1.17 bits per heavy atom. The second-order valence-corrected chi connectivity index (χ2v) is 7.05. The fraction of sp³-hybridized carbons (Fsp3) is 0.409. The van der Waals surface area contributed by atoms with E-state index >= 15 is 0 Å². The lowest BCUT2D eigenvalue weighted by atomic mass is 10.1. The van der Waals surface area contributed by atoms with Crippen LogP contribution in [0.5, 0.6) is 5.75 Å². The molecule has 1 heterocycles. The third-order valence-corrected chi connectivity index (χ3v) is 4.77. The molecule has 2 aromatic rings. The van der Waals surface area contributed by atoms with Crippen molar-refractivity contribution in [3.8, 4) is 5.75 Å². The zero-order valence-corrected chi connectivity index (χ0v) is 16.8. The van der Waals surface area contributed by atoms with Crippen molar-refractivity contribution >= 4 is 5.96 Å². The molecule has 1 aliphatic heterocycles. The van der Waals surface area contributed by atoms with E-state index in [0.29, 0.717) is 37.6 Å². The average Bonchev–Trinajstić information content (AvgIpc) is 3.21. The highest BCUT2D eigenvalue weighted by Gasteiger charge is 2.18. The van der Waals surface area contributed by atoms with Crippen molar-refractivity contribution in [2.24, 2.45) is 4.99 Å². The SMILES string of the molecule is CN=C(NCCc1cc(F)ccc1F)NCc1ccc(C)cc1OC1CCOC1. The number of aryl methyl sites for hydroxylation is 1. The zero-order valence-electron chi connectivity index (χ0n) is 16.8. The molecule has 0 spiro atoms. The minimum absolute atomic E-state index is 0.0779. The molecule has 1 aliphatic rings. The predicted molar refractivity (Wildman–Crippen MR) is 109 cm³/mol. The highest BCUT2D eigenvalue weighted by atomic mass is 19.1. The first-order chi connectivity index (χ1) is 14.0. The summed E-state index contributed by atoms with van der Waals surface area (Å²) in [5.74, 6) is 0.569. The summed E-state index contributed by atoms with van der Waals surface area (Å²) in [6.07, 6.45) is 1.32. The van der Waals surface area contributed by atoms with Crippen molar-refractivity contribution in [1.82, 2.24) is 10.6 Å². The number of rotatable bonds is 7. The Morgan fingerprint density at radius 3 is 2.79 bits per heavy atom. The van der Waals surface area contributed by atoms with Crippen LogP contribution in [0.4, 0.5) is 8.78 Å². The minimum Gasteiger partial charge on any atom is -0.488 e. The van der Waals surface area contributed by atoms with Crippen LogP contribution in [-0.4, -0.2) is 38.9 Å². The maximum atomic E-state index is 13.7. The number of nitrogens with one attached hydrogen (secondary N) is 2. The van der Waals surface area contributed by atoms with Crippen LogP contribution in [0, 0.1) is 18.6 Å². The minimum atomic E-state index is -0.441. The summed E-state index contributed by atoms with van der Waals surface area (Å²) in [5.41, 5.74) is 2.48. The van der Waals surface area contributed by atoms with E-state index in [2.05, 4.69) is 15.6 Å². The van der Waals surface area contributed by atoms with Gasteiger partial charge in [-0.3, -0.25) is 4.99 Å². The number of guanidine groups is 1. The molecule has 1 atom stereocenters. The lowest BCUT2D eigenvalue weighted by Gasteiger charge is -2.18. The fourth-order valence-electron chi connectivity index (χ4n) is 3.15. The Morgan fingerprint density at radius 2 is 2.03 bits per heavy atom. The van der Waals surface area contributed by atoms with E-state index < -0.39 is 11.6 Å². The summed E-state index contributed by atoms with van der Waals surface area (Å²) in [6.45, 7) is 4.32. The zero-order chi connectivity index (χ0) is 20.6. The number of hydrogen-bond donors (Lipinski definition) is 2. The molecule has 0 amide bonds. The maximum absolute atomic E-state index is 13.7. The Labute approximate surface area is 170 Å². The molecule has 0 aliphatic carbocycles. The number of hydrogen-bond acceptors (Lipinski definition) is 3. The standard InChI is InChI=1S/C22H27F2N3O2/c1-15-3-4-17(21(11-15)29-19-8-10-28-14-19)13-27-22(25-2)26-9-7-16-12-18(23)5-6-20(16)24/h3-6,11-12,19H,7-10,13-14H2,1-2H3,(H2,25,26,27). The Balaban J connectivity index is 1.54. The topological polar surface area (TPSA) is 54.9 Å². The van der Waals surface area contributed by atoms with Crippen LogP contribution in [-0.2, 0) is 17.7 Å². The predicted octanol–water partition coefficient (Wildman–Crippen LogP) is 3.35. The lowest BCUT2D eigenvalue weighted by molar-refractivity contribution is 0.140. The van der Waals surface area contributed by atoms with Crippen LogP contribution >= 0.6 is 0 Å². The molecular formula is C22H27F2N3O2. The Hall–Kier alpha value is -2.67. The second kappa shape index (κ2) is 10.2. The van der Waals surface area contributed by atoms with Gasteiger partial charge in [0.1, 0.15) is 23.5 Å².